The highest BCUT2D eigenvalue weighted by molar-refractivity contribution is 5.94. The molecule has 168 valence electrons. The van der Waals surface area contributed by atoms with Gasteiger partial charge in [0.1, 0.15) is 22.8 Å². The van der Waals surface area contributed by atoms with Crippen LogP contribution in [-0.2, 0) is 28.5 Å². The summed E-state index contributed by atoms with van der Waals surface area (Å²) in [4.78, 5) is 50.6. The maximum absolute atomic E-state index is 12.8. The van der Waals surface area contributed by atoms with Crippen LogP contribution < -0.4 is 0 Å². The minimum absolute atomic E-state index is 0.208. The molecule has 0 saturated carbocycles. The molecule has 0 aromatic carbocycles. The van der Waals surface area contributed by atoms with Crippen LogP contribution in [0.3, 0.4) is 0 Å². The zero-order valence-electron chi connectivity index (χ0n) is 19.2. The fourth-order valence-corrected chi connectivity index (χ4v) is 2.03. The van der Waals surface area contributed by atoms with Gasteiger partial charge in [-0.25, -0.2) is 14.4 Å². The van der Waals surface area contributed by atoms with Gasteiger partial charge in [-0.3, -0.25) is 4.79 Å². The summed E-state index contributed by atoms with van der Waals surface area (Å²) in [6, 6.07) is -1.43. The summed E-state index contributed by atoms with van der Waals surface area (Å²) in [5.41, 5.74) is -2.75. The van der Waals surface area contributed by atoms with Crippen LogP contribution in [0, 0.1) is 0 Å². The predicted octanol–water partition coefficient (Wildman–Crippen LogP) is 3.82. The molecule has 0 bridgehead atoms. The minimum Gasteiger partial charge on any atom is -0.469 e. The van der Waals surface area contributed by atoms with Crippen LogP contribution in [-0.4, -0.2) is 59.0 Å². The van der Waals surface area contributed by atoms with Crippen LogP contribution in [0.1, 0.15) is 75.2 Å². The second kappa shape index (κ2) is 9.93. The van der Waals surface area contributed by atoms with E-state index in [0.29, 0.717) is 4.90 Å². The predicted molar refractivity (Wildman–Crippen MR) is 105 cm³/mol. The van der Waals surface area contributed by atoms with Crippen molar-refractivity contribution in [1.82, 2.24) is 4.90 Å². The highest BCUT2D eigenvalue weighted by Crippen LogP contribution is 2.22. The lowest BCUT2D eigenvalue weighted by Crippen LogP contribution is -2.53. The van der Waals surface area contributed by atoms with Gasteiger partial charge in [-0.15, -0.1) is 0 Å². The fraction of sp³-hybridized carbons (Fsp3) is 0.800. The first-order chi connectivity index (χ1) is 12.9. The number of carbonyl (C=O) groups is 4. The molecular formula is C20H35NO8. The summed E-state index contributed by atoms with van der Waals surface area (Å²) in [6.07, 6.45) is -2.58. The van der Waals surface area contributed by atoms with E-state index in [4.69, 9.17) is 14.2 Å². The van der Waals surface area contributed by atoms with Gasteiger partial charge < -0.3 is 18.9 Å². The molecule has 9 nitrogen and oxygen atoms in total. The highest BCUT2D eigenvalue weighted by Gasteiger charge is 2.42. The Hall–Kier alpha value is -2.32. The van der Waals surface area contributed by atoms with Gasteiger partial charge in [0, 0.05) is 6.42 Å². The topological polar surface area (TPSA) is 108 Å². The number of carbonyl (C=O) groups excluding carboxylic acids is 4. The van der Waals surface area contributed by atoms with Gasteiger partial charge in [-0.1, -0.05) is 0 Å². The van der Waals surface area contributed by atoms with E-state index >= 15 is 0 Å². The fourth-order valence-electron chi connectivity index (χ4n) is 2.03. The van der Waals surface area contributed by atoms with Gasteiger partial charge in [0.05, 0.1) is 7.11 Å². The van der Waals surface area contributed by atoms with E-state index in [2.05, 4.69) is 4.74 Å². The molecule has 0 aliphatic rings. The molecule has 0 fully saturated rings. The molecule has 0 N–H and O–H groups in total. The minimum atomic E-state index is -1.43. The van der Waals surface area contributed by atoms with Crippen LogP contribution in [0.15, 0.2) is 0 Å². The Morgan fingerprint density at radius 1 is 0.724 bits per heavy atom. The first-order valence-corrected chi connectivity index (χ1v) is 9.41. The molecule has 1 unspecified atom stereocenters. The highest BCUT2D eigenvalue weighted by atomic mass is 16.6. The van der Waals surface area contributed by atoms with E-state index in [9.17, 15) is 19.2 Å². The summed E-state index contributed by atoms with van der Waals surface area (Å²) in [7, 11) is 1.20. The summed E-state index contributed by atoms with van der Waals surface area (Å²) in [6.45, 7) is 14.7. The largest absolute Gasteiger partial charge is 0.469 e. The normalized spacial score (nSPS) is 13.2. The summed E-state index contributed by atoms with van der Waals surface area (Å²) < 4.78 is 20.5. The molecule has 0 aromatic rings. The first kappa shape index (κ1) is 26.7. The van der Waals surface area contributed by atoms with Gasteiger partial charge in [0.15, 0.2) is 0 Å². The lowest BCUT2D eigenvalue weighted by Gasteiger charge is -2.33. The van der Waals surface area contributed by atoms with Crippen molar-refractivity contribution in [2.45, 2.75) is 98.0 Å². The van der Waals surface area contributed by atoms with Crippen LogP contribution in [0.4, 0.5) is 9.59 Å². The van der Waals surface area contributed by atoms with Crippen molar-refractivity contribution in [3.63, 3.8) is 0 Å². The SMILES string of the molecule is COC(=O)CCC(C(=O)OC(C)(C)C)N(C(=O)OC(C)(C)C)C(=O)OC(C)(C)C. The Kier molecular flexibility index (Phi) is 9.14. The van der Waals surface area contributed by atoms with Gasteiger partial charge in [-0.2, -0.15) is 4.90 Å². The third-order valence-corrected chi connectivity index (χ3v) is 3.02. The molecule has 0 aromatic heterocycles. The number of methoxy groups -OCH3 is 1. The average molecular weight is 417 g/mol. The Bertz CT molecular complexity index is 579. The number of esters is 2. The van der Waals surface area contributed by atoms with E-state index in [1.165, 1.54) is 7.11 Å². The van der Waals surface area contributed by atoms with E-state index < -0.39 is 47.0 Å². The van der Waals surface area contributed by atoms with Crippen molar-refractivity contribution < 1.29 is 38.1 Å². The lowest BCUT2D eigenvalue weighted by atomic mass is 10.1. The molecule has 2 amide bonds. The van der Waals surface area contributed by atoms with Crippen molar-refractivity contribution >= 4 is 24.1 Å². The first-order valence-electron chi connectivity index (χ1n) is 9.41. The molecule has 0 aliphatic carbocycles. The number of amides is 2. The van der Waals surface area contributed by atoms with Crippen molar-refractivity contribution in [1.29, 1.82) is 0 Å². The molecule has 0 radical (unpaired) electrons. The standard InChI is InChI=1S/C20H35NO8/c1-18(2,3)27-15(23)13(11-12-14(22)26-10)21(16(24)28-19(4,5)6)17(25)29-20(7,8)9/h13H,11-12H2,1-10H3. The summed E-state index contributed by atoms with van der Waals surface area (Å²) in [5, 5.41) is 0. The zero-order chi connectivity index (χ0) is 23.2. The van der Waals surface area contributed by atoms with Crippen LogP contribution in [0.5, 0.6) is 0 Å². The molecule has 9 heteroatoms. The monoisotopic (exact) mass is 417 g/mol. The van der Waals surface area contributed by atoms with Crippen LogP contribution in [0.25, 0.3) is 0 Å². The third-order valence-electron chi connectivity index (χ3n) is 3.02. The van der Waals surface area contributed by atoms with E-state index in [0.717, 1.165) is 0 Å². The number of rotatable bonds is 5. The number of nitrogens with zero attached hydrogens (tertiary/aromatic N) is 1. The molecule has 0 heterocycles. The van der Waals surface area contributed by atoms with Crippen LogP contribution >= 0.6 is 0 Å². The molecular weight excluding hydrogens is 382 g/mol. The Balaban J connectivity index is 6.06. The number of ether oxygens (including phenoxy) is 4. The molecule has 1 atom stereocenters. The smallest absolute Gasteiger partial charge is 0.420 e. The summed E-state index contributed by atoms with van der Waals surface area (Å²) >= 11 is 0. The molecule has 0 saturated heterocycles. The number of hydrogen-bond acceptors (Lipinski definition) is 8. The second-order valence-corrected chi connectivity index (χ2v) is 9.49. The maximum atomic E-state index is 12.8. The average Bonchev–Trinajstić information content (AvgIpc) is 2.44. The van der Waals surface area contributed by atoms with Crippen molar-refractivity contribution in [3.8, 4) is 0 Å². The van der Waals surface area contributed by atoms with Crippen molar-refractivity contribution in [2.75, 3.05) is 7.11 Å². The molecule has 29 heavy (non-hydrogen) atoms. The quantitative estimate of drug-likeness (QED) is 0.490. The van der Waals surface area contributed by atoms with Crippen LogP contribution in [0.2, 0.25) is 0 Å². The maximum Gasteiger partial charge on any atom is 0.420 e. The second-order valence-electron chi connectivity index (χ2n) is 9.49. The van der Waals surface area contributed by atoms with Crippen molar-refractivity contribution in [3.05, 3.63) is 0 Å². The third kappa shape index (κ3) is 11.3. The van der Waals surface area contributed by atoms with Crippen molar-refractivity contribution in [2.24, 2.45) is 0 Å². The Labute approximate surface area is 173 Å². The zero-order valence-corrected chi connectivity index (χ0v) is 19.2. The van der Waals surface area contributed by atoms with Gasteiger partial charge in [-0.05, 0) is 68.7 Å². The Morgan fingerprint density at radius 2 is 1.10 bits per heavy atom. The molecule has 0 aliphatic heterocycles. The molecule has 0 spiro atoms. The lowest BCUT2D eigenvalue weighted by molar-refractivity contribution is -0.161. The van der Waals surface area contributed by atoms with E-state index in [1.54, 1.807) is 62.3 Å². The number of imide groups is 1. The summed E-state index contributed by atoms with van der Waals surface area (Å²) in [5.74, 6) is -1.47. The molecule has 0 rings (SSSR count). The van der Waals surface area contributed by atoms with Gasteiger partial charge >= 0.3 is 24.1 Å². The van der Waals surface area contributed by atoms with E-state index in [-0.39, 0.29) is 12.8 Å². The Morgan fingerprint density at radius 3 is 1.41 bits per heavy atom. The van der Waals surface area contributed by atoms with E-state index in [1.807, 2.05) is 0 Å². The van der Waals surface area contributed by atoms with Gasteiger partial charge in [0.25, 0.3) is 0 Å². The van der Waals surface area contributed by atoms with Gasteiger partial charge in [0.2, 0.25) is 0 Å². The number of hydrogen-bond donors (Lipinski definition) is 0.